The minimum atomic E-state index is -3.94. The highest BCUT2D eigenvalue weighted by Crippen LogP contribution is 2.27. The fraction of sp³-hybridized carbons (Fsp3) is 0.333. The zero-order valence-corrected chi connectivity index (χ0v) is 12.6. The van der Waals surface area contributed by atoms with Crippen LogP contribution in [0.15, 0.2) is 23.1 Å². The van der Waals surface area contributed by atoms with Crippen molar-refractivity contribution in [3.63, 3.8) is 0 Å². The highest BCUT2D eigenvalue weighted by atomic mass is 35.7. The molecule has 0 aliphatic rings. The van der Waals surface area contributed by atoms with E-state index in [1.807, 2.05) is 0 Å². The summed E-state index contributed by atoms with van der Waals surface area (Å²) in [6, 6.07) is 3.98. The first-order chi connectivity index (χ1) is 9.11. The van der Waals surface area contributed by atoms with Gasteiger partial charge in [-0.1, -0.05) is 6.07 Å². The summed E-state index contributed by atoms with van der Waals surface area (Å²) in [5.41, 5.74) is 0.818. The number of hydrogen-bond acceptors (Lipinski definition) is 6. The Labute approximate surface area is 121 Å². The van der Waals surface area contributed by atoms with Gasteiger partial charge in [0.05, 0.1) is 4.90 Å². The molecule has 1 aromatic carbocycles. The number of benzene rings is 1. The molecule has 0 radical (unpaired) electrons. The minimum absolute atomic E-state index is 0.177. The van der Waals surface area contributed by atoms with Crippen LogP contribution in [-0.2, 0) is 28.1 Å². The molecule has 0 N–H and O–H groups in total. The second-order valence-corrected chi connectivity index (χ2v) is 6.57. The lowest BCUT2D eigenvalue weighted by atomic mass is 10.1. The maximum atomic E-state index is 11.3. The van der Waals surface area contributed by atoms with Crippen molar-refractivity contribution in [2.24, 2.45) is 0 Å². The number of aryl methyl sites for hydroxylation is 1. The van der Waals surface area contributed by atoms with Crippen molar-refractivity contribution in [1.82, 2.24) is 0 Å². The van der Waals surface area contributed by atoms with Crippen LogP contribution in [0.1, 0.15) is 31.3 Å². The molecule has 1 rings (SSSR count). The smallest absolute Gasteiger partial charge is 0.305 e. The third-order valence-corrected chi connectivity index (χ3v) is 3.68. The average Bonchev–Trinajstić information content (AvgIpc) is 2.25. The summed E-state index contributed by atoms with van der Waals surface area (Å²) < 4.78 is 32.4. The first kappa shape index (κ1) is 16.5. The Morgan fingerprint density at radius 2 is 1.65 bits per heavy atom. The Kier molecular flexibility index (Phi) is 5.13. The van der Waals surface area contributed by atoms with Crippen LogP contribution in [-0.4, -0.2) is 20.4 Å². The third kappa shape index (κ3) is 4.50. The van der Waals surface area contributed by atoms with Crippen LogP contribution in [0.4, 0.5) is 0 Å². The first-order valence-electron chi connectivity index (χ1n) is 5.51. The zero-order chi connectivity index (χ0) is 15.5. The molecule has 110 valence electrons. The molecule has 0 heterocycles. The van der Waals surface area contributed by atoms with E-state index >= 15 is 0 Å². The number of carbonyl (C=O) groups is 2. The Hall–Kier alpha value is -1.60. The second-order valence-electron chi connectivity index (χ2n) is 4.01. The van der Waals surface area contributed by atoms with E-state index in [1.165, 1.54) is 18.2 Å². The molecule has 0 atom stereocenters. The fourth-order valence-corrected chi connectivity index (χ4v) is 2.26. The molecule has 8 heteroatoms. The van der Waals surface area contributed by atoms with Crippen LogP contribution >= 0.6 is 10.7 Å². The van der Waals surface area contributed by atoms with Crippen molar-refractivity contribution < 1.29 is 27.5 Å². The van der Waals surface area contributed by atoms with E-state index in [-0.39, 0.29) is 10.5 Å². The lowest BCUT2D eigenvalue weighted by Gasteiger charge is -2.19. The lowest BCUT2D eigenvalue weighted by molar-refractivity contribution is -0.186. The highest BCUT2D eigenvalue weighted by Gasteiger charge is 2.22. The summed E-state index contributed by atoms with van der Waals surface area (Å²) in [6.45, 7) is 3.95. The topological polar surface area (TPSA) is 86.7 Å². The van der Waals surface area contributed by atoms with Crippen LogP contribution in [0.3, 0.4) is 0 Å². The summed E-state index contributed by atoms with van der Waals surface area (Å²) in [7, 11) is 1.31. The number of ether oxygens (including phenoxy) is 2. The van der Waals surface area contributed by atoms with Gasteiger partial charge in [-0.15, -0.1) is 0 Å². The second kappa shape index (κ2) is 6.23. The number of halogens is 1. The van der Waals surface area contributed by atoms with Crippen molar-refractivity contribution in [3.05, 3.63) is 29.3 Å². The highest BCUT2D eigenvalue weighted by molar-refractivity contribution is 8.13. The molecule has 0 amide bonds. The Balaban J connectivity index is 3.31. The van der Waals surface area contributed by atoms with Gasteiger partial charge in [-0.25, -0.2) is 8.42 Å². The fourth-order valence-electron chi connectivity index (χ4n) is 1.48. The molecular weight excluding hydrogens is 308 g/mol. The molecule has 0 aromatic heterocycles. The summed E-state index contributed by atoms with van der Waals surface area (Å²) in [4.78, 5) is 21.9. The molecular formula is C12H13ClO6S. The van der Waals surface area contributed by atoms with Crippen LogP contribution < -0.4 is 0 Å². The van der Waals surface area contributed by atoms with Gasteiger partial charge in [-0.05, 0) is 24.6 Å². The number of esters is 2. The summed E-state index contributed by atoms with van der Waals surface area (Å²) in [5.74, 6) is -1.34. The minimum Gasteiger partial charge on any atom is -0.421 e. The molecule has 20 heavy (non-hydrogen) atoms. The molecule has 0 unspecified atom stereocenters. The maximum Gasteiger partial charge on any atom is 0.305 e. The normalized spacial score (nSPS) is 11.2. The van der Waals surface area contributed by atoms with Crippen molar-refractivity contribution in [2.45, 2.75) is 32.0 Å². The predicted molar refractivity (Wildman–Crippen MR) is 70.5 cm³/mol. The van der Waals surface area contributed by atoms with Crippen molar-refractivity contribution in [3.8, 4) is 0 Å². The van der Waals surface area contributed by atoms with Crippen LogP contribution in [0.2, 0.25) is 0 Å². The van der Waals surface area contributed by atoms with E-state index in [1.54, 1.807) is 6.92 Å². The van der Waals surface area contributed by atoms with Gasteiger partial charge in [0, 0.05) is 30.1 Å². The molecule has 0 saturated carbocycles. The van der Waals surface area contributed by atoms with Gasteiger partial charge in [0.15, 0.2) is 0 Å². The van der Waals surface area contributed by atoms with Gasteiger partial charge >= 0.3 is 11.9 Å². The molecule has 0 aliphatic carbocycles. The maximum absolute atomic E-state index is 11.3. The average molecular weight is 321 g/mol. The lowest BCUT2D eigenvalue weighted by Crippen LogP contribution is -2.16. The van der Waals surface area contributed by atoms with Gasteiger partial charge in [0.1, 0.15) is 0 Å². The first-order valence-corrected chi connectivity index (χ1v) is 7.82. The zero-order valence-electron chi connectivity index (χ0n) is 11.0. The Morgan fingerprint density at radius 3 is 2.05 bits per heavy atom. The molecule has 0 fully saturated rings. The van der Waals surface area contributed by atoms with E-state index in [9.17, 15) is 18.0 Å². The van der Waals surface area contributed by atoms with E-state index < -0.39 is 27.3 Å². The Morgan fingerprint density at radius 1 is 1.15 bits per heavy atom. The van der Waals surface area contributed by atoms with Crippen LogP contribution in [0, 0.1) is 6.92 Å². The largest absolute Gasteiger partial charge is 0.421 e. The van der Waals surface area contributed by atoms with E-state index in [4.69, 9.17) is 20.2 Å². The van der Waals surface area contributed by atoms with Crippen molar-refractivity contribution >= 4 is 31.7 Å². The van der Waals surface area contributed by atoms with E-state index in [2.05, 4.69) is 0 Å². The van der Waals surface area contributed by atoms with E-state index in [0.717, 1.165) is 13.8 Å². The van der Waals surface area contributed by atoms with Gasteiger partial charge in [0.2, 0.25) is 0 Å². The van der Waals surface area contributed by atoms with Crippen molar-refractivity contribution in [1.29, 1.82) is 0 Å². The number of rotatable bonds is 4. The van der Waals surface area contributed by atoms with Gasteiger partial charge < -0.3 is 9.47 Å². The monoisotopic (exact) mass is 320 g/mol. The summed E-state index contributed by atoms with van der Waals surface area (Å²) >= 11 is 0. The molecule has 0 spiro atoms. The molecule has 6 nitrogen and oxygen atoms in total. The third-order valence-electron chi connectivity index (χ3n) is 2.33. The summed E-state index contributed by atoms with van der Waals surface area (Å²) in [6.07, 6.45) is -1.32. The van der Waals surface area contributed by atoms with Crippen LogP contribution in [0.25, 0.3) is 0 Å². The molecule has 0 saturated heterocycles. The SMILES string of the molecule is CC(=O)OC(OC(C)=O)c1cc(S(=O)(=O)Cl)ccc1C. The van der Waals surface area contributed by atoms with E-state index in [0.29, 0.717) is 5.56 Å². The molecule has 0 bridgehead atoms. The molecule has 0 aliphatic heterocycles. The number of carbonyl (C=O) groups excluding carboxylic acids is 2. The standard InChI is InChI=1S/C12H13ClO6S/c1-7-4-5-10(20(13,16)17)6-11(7)12(18-8(2)14)19-9(3)15/h4-6,12H,1-3H3. The van der Waals surface area contributed by atoms with Gasteiger partial charge in [0.25, 0.3) is 15.3 Å². The van der Waals surface area contributed by atoms with Crippen molar-refractivity contribution in [2.75, 3.05) is 0 Å². The number of hydrogen-bond donors (Lipinski definition) is 0. The van der Waals surface area contributed by atoms with Crippen LogP contribution in [0.5, 0.6) is 0 Å². The predicted octanol–water partition coefficient (Wildman–Crippen LogP) is 2.05. The van der Waals surface area contributed by atoms with Gasteiger partial charge in [-0.2, -0.15) is 0 Å². The Bertz CT molecular complexity index is 621. The van der Waals surface area contributed by atoms with Gasteiger partial charge in [-0.3, -0.25) is 9.59 Å². The molecule has 1 aromatic rings. The quantitative estimate of drug-likeness (QED) is 0.479. The summed E-state index contributed by atoms with van der Waals surface area (Å²) in [5, 5.41) is 0.